The van der Waals surface area contributed by atoms with Gasteiger partial charge in [-0.25, -0.2) is 0 Å². The monoisotopic (exact) mass is 311 g/mol. The minimum absolute atomic E-state index is 0.257. The zero-order valence-electron chi connectivity index (χ0n) is 14.0. The number of hydrogen-bond acceptors (Lipinski definition) is 3. The van der Waals surface area contributed by atoms with Gasteiger partial charge in [-0.1, -0.05) is 36.8 Å². The summed E-state index contributed by atoms with van der Waals surface area (Å²) >= 11 is 0. The highest BCUT2D eigenvalue weighted by molar-refractivity contribution is 5.59. The van der Waals surface area contributed by atoms with Gasteiger partial charge in [0.2, 0.25) is 0 Å². The first-order valence-corrected chi connectivity index (χ1v) is 8.27. The predicted octanol–water partition coefficient (Wildman–Crippen LogP) is 4.68. The highest BCUT2D eigenvalue weighted by atomic mass is 16.5. The van der Waals surface area contributed by atoms with Crippen LogP contribution < -0.4 is 5.32 Å². The standard InChI is InChI=1S/C20H25NO2/c1-3-20(14-23-15-20)13-22-12-17-6-10-19(11-7-17)21-18-8-4-16(2)5-9-18/h4-11,21H,3,12-15H2,1-2H3. The Morgan fingerprint density at radius 3 is 2.13 bits per heavy atom. The Balaban J connectivity index is 1.49. The third-order valence-electron chi connectivity index (χ3n) is 4.54. The van der Waals surface area contributed by atoms with Gasteiger partial charge >= 0.3 is 0 Å². The number of benzene rings is 2. The molecule has 3 heteroatoms. The summed E-state index contributed by atoms with van der Waals surface area (Å²) in [4.78, 5) is 0. The topological polar surface area (TPSA) is 30.5 Å². The average molecular weight is 311 g/mol. The summed E-state index contributed by atoms with van der Waals surface area (Å²) in [5.41, 5.74) is 4.92. The molecule has 0 unspecified atom stereocenters. The van der Waals surface area contributed by atoms with Crippen LogP contribution in [0, 0.1) is 12.3 Å². The minimum Gasteiger partial charge on any atom is -0.380 e. The van der Waals surface area contributed by atoms with E-state index < -0.39 is 0 Å². The van der Waals surface area contributed by atoms with Crippen LogP contribution in [-0.4, -0.2) is 19.8 Å². The van der Waals surface area contributed by atoms with Crippen LogP contribution in [0.4, 0.5) is 11.4 Å². The van der Waals surface area contributed by atoms with Gasteiger partial charge in [0.25, 0.3) is 0 Å². The molecule has 0 aliphatic carbocycles. The largest absolute Gasteiger partial charge is 0.380 e. The van der Waals surface area contributed by atoms with Crippen LogP contribution in [-0.2, 0) is 16.1 Å². The number of nitrogens with one attached hydrogen (secondary N) is 1. The van der Waals surface area contributed by atoms with E-state index in [0.29, 0.717) is 6.61 Å². The van der Waals surface area contributed by atoms with Crippen molar-refractivity contribution in [1.82, 2.24) is 0 Å². The summed E-state index contributed by atoms with van der Waals surface area (Å²) < 4.78 is 11.2. The summed E-state index contributed by atoms with van der Waals surface area (Å²) in [7, 11) is 0. The molecule has 1 heterocycles. The van der Waals surface area contributed by atoms with Crippen molar-refractivity contribution in [2.45, 2.75) is 26.9 Å². The van der Waals surface area contributed by atoms with Crippen LogP contribution in [0.1, 0.15) is 24.5 Å². The van der Waals surface area contributed by atoms with Crippen LogP contribution in [0.3, 0.4) is 0 Å². The smallest absolute Gasteiger partial charge is 0.0717 e. The van der Waals surface area contributed by atoms with E-state index in [1.165, 1.54) is 11.1 Å². The maximum absolute atomic E-state index is 5.89. The minimum atomic E-state index is 0.257. The first-order valence-electron chi connectivity index (χ1n) is 8.27. The zero-order valence-corrected chi connectivity index (χ0v) is 14.0. The maximum atomic E-state index is 5.89. The van der Waals surface area contributed by atoms with Crippen molar-refractivity contribution in [1.29, 1.82) is 0 Å². The average Bonchev–Trinajstić information content (AvgIpc) is 2.54. The fourth-order valence-corrected chi connectivity index (χ4v) is 2.65. The zero-order chi connectivity index (χ0) is 16.1. The summed E-state index contributed by atoms with van der Waals surface area (Å²) in [6.45, 7) is 7.42. The summed E-state index contributed by atoms with van der Waals surface area (Å²) in [6.07, 6.45) is 1.12. The second-order valence-corrected chi connectivity index (χ2v) is 6.53. The van der Waals surface area contributed by atoms with E-state index in [0.717, 1.165) is 37.6 Å². The second-order valence-electron chi connectivity index (χ2n) is 6.53. The van der Waals surface area contributed by atoms with E-state index in [1.807, 2.05) is 0 Å². The molecule has 0 bridgehead atoms. The van der Waals surface area contributed by atoms with E-state index >= 15 is 0 Å². The van der Waals surface area contributed by atoms with Crippen molar-refractivity contribution in [2.24, 2.45) is 5.41 Å². The van der Waals surface area contributed by atoms with E-state index in [1.54, 1.807) is 0 Å². The Kier molecular flexibility index (Phi) is 4.99. The Labute approximate surface area is 138 Å². The lowest BCUT2D eigenvalue weighted by atomic mass is 9.84. The van der Waals surface area contributed by atoms with Crippen molar-refractivity contribution >= 4 is 11.4 Å². The molecule has 0 atom stereocenters. The lowest BCUT2D eigenvalue weighted by Gasteiger charge is -2.40. The highest BCUT2D eigenvalue weighted by Crippen LogP contribution is 2.31. The van der Waals surface area contributed by atoms with Gasteiger partial charge in [0.05, 0.1) is 26.4 Å². The van der Waals surface area contributed by atoms with E-state index in [-0.39, 0.29) is 5.41 Å². The van der Waals surface area contributed by atoms with E-state index in [9.17, 15) is 0 Å². The molecule has 1 aliphatic heterocycles. The van der Waals surface area contributed by atoms with E-state index in [4.69, 9.17) is 9.47 Å². The van der Waals surface area contributed by atoms with Crippen LogP contribution in [0.2, 0.25) is 0 Å². The van der Waals surface area contributed by atoms with Crippen molar-refractivity contribution < 1.29 is 9.47 Å². The first kappa shape index (κ1) is 16.0. The Morgan fingerprint density at radius 1 is 1.00 bits per heavy atom. The quantitative estimate of drug-likeness (QED) is 0.805. The van der Waals surface area contributed by atoms with Crippen molar-refractivity contribution in [3.05, 3.63) is 59.7 Å². The molecular weight excluding hydrogens is 286 g/mol. The highest BCUT2D eigenvalue weighted by Gasteiger charge is 2.36. The molecule has 122 valence electrons. The van der Waals surface area contributed by atoms with Crippen LogP contribution in [0.15, 0.2) is 48.5 Å². The lowest BCUT2D eigenvalue weighted by Crippen LogP contribution is -2.45. The number of rotatable bonds is 7. The normalized spacial score (nSPS) is 15.9. The lowest BCUT2D eigenvalue weighted by molar-refractivity contribution is -0.152. The van der Waals surface area contributed by atoms with Crippen LogP contribution >= 0.6 is 0 Å². The van der Waals surface area contributed by atoms with Gasteiger partial charge in [-0.05, 0) is 43.2 Å². The molecule has 0 spiro atoms. The SMILES string of the molecule is CCC1(COCc2ccc(Nc3ccc(C)cc3)cc2)COC1. The molecule has 2 aromatic carbocycles. The van der Waals surface area contributed by atoms with Crippen LogP contribution in [0.25, 0.3) is 0 Å². The first-order chi connectivity index (χ1) is 11.2. The van der Waals surface area contributed by atoms with Crippen molar-refractivity contribution in [3.8, 4) is 0 Å². The number of anilines is 2. The number of ether oxygens (including phenoxy) is 2. The fraction of sp³-hybridized carbons (Fsp3) is 0.400. The molecule has 3 rings (SSSR count). The molecule has 1 aliphatic rings. The molecule has 1 fully saturated rings. The number of hydrogen-bond donors (Lipinski definition) is 1. The summed E-state index contributed by atoms with van der Waals surface area (Å²) in [6, 6.07) is 16.8. The molecule has 2 aromatic rings. The second kappa shape index (κ2) is 7.16. The van der Waals surface area contributed by atoms with Gasteiger partial charge < -0.3 is 14.8 Å². The summed E-state index contributed by atoms with van der Waals surface area (Å²) in [5.74, 6) is 0. The molecule has 0 amide bonds. The molecule has 0 aromatic heterocycles. The molecular formula is C20H25NO2. The Hall–Kier alpha value is -1.84. The van der Waals surface area contributed by atoms with Gasteiger partial charge in [-0.3, -0.25) is 0 Å². The molecule has 23 heavy (non-hydrogen) atoms. The molecule has 3 nitrogen and oxygen atoms in total. The Morgan fingerprint density at radius 2 is 1.61 bits per heavy atom. The van der Waals surface area contributed by atoms with Crippen molar-refractivity contribution in [3.63, 3.8) is 0 Å². The summed E-state index contributed by atoms with van der Waals surface area (Å²) in [5, 5.41) is 3.41. The molecule has 1 N–H and O–H groups in total. The third-order valence-corrected chi connectivity index (χ3v) is 4.54. The molecule has 0 saturated carbocycles. The fourth-order valence-electron chi connectivity index (χ4n) is 2.65. The Bertz CT molecular complexity index is 610. The van der Waals surface area contributed by atoms with E-state index in [2.05, 4.69) is 67.7 Å². The number of aryl methyl sites for hydroxylation is 1. The van der Waals surface area contributed by atoms with Gasteiger partial charge in [0.1, 0.15) is 0 Å². The van der Waals surface area contributed by atoms with Gasteiger partial charge in [-0.15, -0.1) is 0 Å². The van der Waals surface area contributed by atoms with Crippen LogP contribution in [0.5, 0.6) is 0 Å². The molecule has 0 radical (unpaired) electrons. The maximum Gasteiger partial charge on any atom is 0.0717 e. The van der Waals surface area contributed by atoms with Gasteiger partial charge in [0, 0.05) is 16.8 Å². The molecule has 1 saturated heterocycles. The third kappa shape index (κ3) is 4.12. The van der Waals surface area contributed by atoms with Gasteiger partial charge in [0.15, 0.2) is 0 Å². The van der Waals surface area contributed by atoms with Gasteiger partial charge in [-0.2, -0.15) is 0 Å². The van der Waals surface area contributed by atoms with Crippen molar-refractivity contribution in [2.75, 3.05) is 25.1 Å². The predicted molar refractivity (Wildman–Crippen MR) is 94.1 cm³/mol.